The largest absolute Gasteiger partial charge is 0.384 e. The van der Waals surface area contributed by atoms with Crippen LogP contribution < -0.4 is 0 Å². The van der Waals surface area contributed by atoms with Crippen molar-refractivity contribution in [3.8, 4) is 11.8 Å². The van der Waals surface area contributed by atoms with E-state index in [2.05, 4.69) is 16.8 Å². The van der Waals surface area contributed by atoms with Crippen LogP contribution in [0.15, 0.2) is 18.3 Å². The number of pyridine rings is 1. The van der Waals surface area contributed by atoms with Crippen molar-refractivity contribution in [2.24, 2.45) is 0 Å². The lowest BCUT2D eigenvalue weighted by Gasteiger charge is -2.31. The summed E-state index contributed by atoms with van der Waals surface area (Å²) in [5, 5.41) is 8.62. The number of carbonyl (C=O) groups excluding carboxylic acids is 1. The Balaban J connectivity index is 2.05. The van der Waals surface area contributed by atoms with E-state index in [1.165, 1.54) is 0 Å². The highest BCUT2D eigenvalue weighted by Gasteiger charge is 2.24. The van der Waals surface area contributed by atoms with E-state index in [1.807, 2.05) is 0 Å². The summed E-state index contributed by atoms with van der Waals surface area (Å²) in [6.45, 7) is 1.17. The smallest absolute Gasteiger partial charge is 0.272 e. The van der Waals surface area contributed by atoms with Gasteiger partial charge in [-0.15, -0.1) is 0 Å². The molecule has 0 aromatic carbocycles. The second kappa shape index (κ2) is 7.04. The Morgan fingerprint density at radius 2 is 2.45 bits per heavy atom. The Morgan fingerprint density at radius 1 is 1.60 bits per heavy atom. The monoisotopic (exact) mass is 274 g/mol. The van der Waals surface area contributed by atoms with Crippen molar-refractivity contribution in [2.75, 3.05) is 26.8 Å². The summed E-state index contributed by atoms with van der Waals surface area (Å²) in [7, 11) is 1.67. The number of likely N-dealkylation sites (tertiary alicyclic amines) is 1. The zero-order valence-corrected chi connectivity index (χ0v) is 11.5. The quantitative estimate of drug-likeness (QED) is 0.805. The molecule has 0 saturated carbocycles. The average molecular weight is 274 g/mol. The molecule has 106 valence electrons. The number of ether oxygens (including phenoxy) is 1. The summed E-state index contributed by atoms with van der Waals surface area (Å²) in [6.07, 6.45) is 3.60. The third kappa shape index (κ3) is 3.56. The van der Waals surface area contributed by atoms with Crippen molar-refractivity contribution in [1.29, 1.82) is 0 Å². The fourth-order valence-corrected chi connectivity index (χ4v) is 2.21. The van der Waals surface area contributed by atoms with Gasteiger partial charge in [-0.25, -0.2) is 4.98 Å². The molecule has 1 unspecified atom stereocenters. The number of nitrogens with zero attached hydrogens (tertiary/aromatic N) is 2. The van der Waals surface area contributed by atoms with Crippen LogP contribution in [0.4, 0.5) is 0 Å². The molecule has 1 aromatic heterocycles. The molecule has 0 radical (unpaired) electrons. The van der Waals surface area contributed by atoms with E-state index in [9.17, 15) is 4.79 Å². The molecule has 2 rings (SSSR count). The number of hydrogen-bond acceptors (Lipinski definition) is 4. The molecule has 0 aliphatic carbocycles. The molecule has 2 heterocycles. The SMILES string of the molecule is COC1CCCN(C(=O)c2ccc(C#CCO)cn2)C1. The minimum absolute atomic E-state index is 0.0755. The van der Waals surface area contributed by atoms with Gasteiger partial charge in [-0.05, 0) is 25.0 Å². The number of aliphatic hydroxyl groups is 1. The van der Waals surface area contributed by atoms with Crippen molar-refractivity contribution in [1.82, 2.24) is 9.88 Å². The van der Waals surface area contributed by atoms with Crippen molar-refractivity contribution in [3.63, 3.8) is 0 Å². The van der Waals surface area contributed by atoms with Gasteiger partial charge in [0, 0.05) is 32.0 Å². The lowest BCUT2D eigenvalue weighted by atomic mass is 10.1. The molecule has 1 fully saturated rings. The Morgan fingerprint density at radius 3 is 3.10 bits per heavy atom. The Bertz CT molecular complexity index is 516. The predicted molar refractivity (Wildman–Crippen MR) is 74.1 cm³/mol. The second-order valence-corrected chi connectivity index (χ2v) is 4.64. The molecule has 1 aromatic rings. The zero-order valence-electron chi connectivity index (χ0n) is 11.5. The molecular formula is C15H18N2O3. The van der Waals surface area contributed by atoms with Gasteiger partial charge in [0.1, 0.15) is 12.3 Å². The maximum atomic E-state index is 12.3. The molecule has 1 aliphatic rings. The van der Waals surface area contributed by atoms with Crippen LogP contribution >= 0.6 is 0 Å². The minimum Gasteiger partial charge on any atom is -0.384 e. The number of hydrogen-bond donors (Lipinski definition) is 1. The van der Waals surface area contributed by atoms with Gasteiger partial charge in [0.25, 0.3) is 5.91 Å². The van der Waals surface area contributed by atoms with Gasteiger partial charge in [-0.3, -0.25) is 4.79 Å². The van der Waals surface area contributed by atoms with Crippen molar-refractivity contribution < 1.29 is 14.6 Å². The van der Waals surface area contributed by atoms with Crippen molar-refractivity contribution in [2.45, 2.75) is 18.9 Å². The lowest BCUT2D eigenvalue weighted by Crippen LogP contribution is -2.43. The van der Waals surface area contributed by atoms with Crippen LogP contribution in [0.2, 0.25) is 0 Å². The summed E-state index contributed by atoms with van der Waals surface area (Å²) in [5.74, 6) is 5.22. The molecule has 1 saturated heterocycles. The standard InChI is InChI=1S/C15H18N2O3/c1-20-13-5-2-8-17(11-13)15(19)14-7-6-12(10-16-14)4-3-9-18/h6-7,10,13,18H,2,5,8-9,11H2,1H3. The number of amides is 1. The fraction of sp³-hybridized carbons (Fsp3) is 0.467. The number of aliphatic hydroxyl groups excluding tert-OH is 1. The molecule has 1 amide bonds. The van der Waals surface area contributed by atoms with E-state index in [-0.39, 0.29) is 18.6 Å². The van der Waals surface area contributed by atoms with Gasteiger partial charge in [0.05, 0.1) is 6.10 Å². The third-order valence-electron chi connectivity index (χ3n) is 3.29. The van der Waals surface area contributed by atoms with Crippen LogP contribution in [0.1, 0.15) is 28.9 Å². The molecular weight excluding hydrogens is 256 g/mol. The van der Waals surface area contributed by atoms with Gasteiger partial charge < -0.3 is 14.7 Å². The maximum absolute atomic E-state index is 12.3. The highest BCUT2D eigenvalue weighted by Crippen LogP contribution is 2.15. The number of aromatic nitrogens is 1. The zero-order chi connectivity index (χ0) is 14.4. The topological polar surface area (TPSA) is 62.7 Å². The van der Waals surface area contributed by atoms with E-state index in [1.54, 1.807) is 30.3 Å². The lowest BCUT2D eigenvalue weighted by molar-refractivity contribution is 0.0266. The summed E-state index contributed by atoms with van der Waals surface area (Å²) in [6, 6.07) is 3.40. The van der Waals surface area contributed by atoms with Crippen molar-refractivity contribution in [3.05, 3.63) is 29.6 Å². The van der Waals surface area contributed by atoms with E-state index < -0.39 is 0 Å². The third-order valence-corrected chi connectivity index (χ3v) is 3.29. The number of piperidine rings is 1. The van der Waals surface area contributed by atoms with Crippen LogP contribution in [0.5, 0.6) is 0 Å². The van der Waals surface area contributed by atoms with Crippen LogP contribution in [-0.4, -0.2) is 53.8 Å². The Labute approximate surface area is 118 Å². The first-order valence-corrected chi connectivity index (χ1v) is 6.62. The minimum atomic E-state index is -0.188. The first kappa shape index (κ1) is 14.5. The molecule has 0 bridgehead atoms. The van der Waals surface area contributed by atoms with Crippen LogP contribution in [0.3, 0.4) is 0 Å². The number of methoxy groups -OCH3 is 1. The fourth-order valence-electron chi connectivity index (χ4n) is 2.21. The summed E-state index contributed by atoms with van der Waals surface area (Å²) < 4.78 is 5.31. The van der Waals surface area contributed by atoms with Gasteiger partial charge in [-0.1, -0.05) is 11.8 Å². The first-order chi connectivity index (χ1) is 9.74. The van der Waals surface area contributed by atoms with Gasteiger partial charge in [0.2, 0.25) is 0 Å². The van der Waals surface area contributed by atoms with E-state index in [0.29, 0.717) is 17.8 Å². The summed E-state index contributed by atoms with van der Waals surface area (Å²) in [5.41, 5.74) is 1.10. The van der Waals surface area contributed by atoms with Gasteiger partial charge in [-0.2, -0.15) is 0 Å². The maximum Gasteiger partial charge on any atom is 0.272 e. The Kier molecular flexibility index (Phi) is 5.10. The normalized spacial score (nSPS) is 18.3. The van der Waals surface area contributed by atoms with Gasteiger partial charge in [0.15, 0.2) is 0 Å². The van der Waals surface area contributed by atoms with Crippen LogP contribution in [0, 0.1) is 11.8 Å². The average Bonchev–Trinajstić information content (AvgIpc) is 2.52. The van der Waals surface area contributed by atoms with Crippen molar-refractivity contribution >= 4 is 5.91 Å². The second-order valence-electron chi connectivity index (χ2n) is 4.64. The number of rotatable bonds is 2. The number of carbonyl (C=O) groups is 1. The predicted octanol–water partition coefficient (Wildman–Crippen LogP) is 0.676. The molecule has 0 spiro atoms. The summed E-state index contributed by atoms with van der Waals surface area (Å²) in [4.78, 5) is 18.2. The van der Waals surface area contributed by atoms with E-state index >= 15 is 0 Å². The first-order valence-electron chi connectivity index (χ1n) is 6.62. The summed E-state index contributed by atoms with van der Waals surface area (Å²) >= 11 is 0. The molecule has 5 nitrogen and oxygen atoms in total. The van der Waals surface area contributed by atoms with Gasteiger partial charge >= 0.3 is 0 Å². The highest BCUT2D eigenvalue weighted by molar-refractivity contribution is 5.92. The van der Waals surface area contributed by atoms with Crippen LogP contribution in [-0.2, 0) is 4.74 Å². The molecule has 1 atom stereocenters. The van der Waals surface area contributed by atoms with Crippen LogP contribution in [0.25, 0.3) is 0 Å². The van der Waals surface area contributed by atoms with E-state index in [0.717, 1.165) is 19.4 Å². The molecule has 1 N–H and O–H groups in total. The Hall–Kier alpha value is -1.90. The van der Waals surface area contributed by atoms with E-state index in [4.69, 9.17) is 9.84 Å². The molecule has 20 heavy (non-hydrogen) atoms. The molecule has 1 aliphatic heterocycles. The highest BCUT2D eigenvalue weighted by atomic mass is 16.5. The molecule has 5 heteroatoms.